The molecule has 0 aliphatic heterocycles. The quantitative estimate of drug-likeness (QED) is 0.623. The van der Waals surface area contributed by atoms with Gasteiger partial charge in [0, 0.05) is 16.7 Å². The number of benzene rings is 1. The SMILES string of the molecule is CCCCCCNC(=O)C(=O)Nc1cccc(Br)c1. The topological polar surface area (TPSA) is 58.2 Å². The Morgan fingerprint density at radius 1 is 1.16 bits per heavy atom. The molecule has 0 aliphatic carbocycles. The molecule has 0 unspecified atom stereocenters. The third-order valence-corrected chi connectivity index (χ3v) is 3.10. The third kappa shape index (κ3) is 6.38. The van der Waals surface area contributed by atoms with Gasteiger partial charge in [0.05, 0.1) is 0 Å². The molecule has 0 radical (unpaired) electrons. The molecule has 0 atom stereocenters. The van der Waals surface area contributed by atoms with E-state index in [1.165, 1.54) is 0 Å². The Kier molecular flexibility index (Phi) is 7.18. The van der Waals surface area contributed by atoms with Gasteiger partial charge in [0.1, 0.15) is 0 Å². The fourth-order valence-electron chi connectivity index (χ4n) is 1.59. The fourth-order valence-corrected chi connectivity index (χ4v) is 1.99. The summed E-state index contributed by atoms with van der Waals surface area (Å²) in [5.74, 6) is -1.22. The summed E-state index contributed by atoms with van der Waals surface area (Å²) in [5, 5.41) is 5.17. The van der Waals surface area contributed by atoms with Gasteiger partial charge in [-0.3, -0.25) is 9.59 Å². The van der Waals surface area contributed by atoms with Crippen molar-refractivity contribution >= 4 is 33.4 Å². The molecule has 0 bridgehead atoms. The number of unbranched alkanes of at least 4 members (excludes halogenated alkanes) is 3. The molecule has 0 fully saturated rings. The summed E-state index contributed by atoms with van der Waals surface area (Å²) >= 11 is 3.30. The first kappa shape index (κ1) is 15.7. The molecule has 104 valence electrons. The van der Waals surface area contributed by atoms with Gasteiger partial charge in [0.25, 0.3) is 0 Å². The van der Waals surface area contributed by atoms with E-state index in [0.29, 0.717) is 12.2 Å². The lowest BCUT2D eigenvalue weighted by molar-refractivity contribution is -0.136. The highest BCUT2D eigenvalue weighted by molar-refractivity contribution is 9.10. The zero-order valence-corrected chi connectivity index (χ0v) is 12.6. The maximum atomic E-state index is 11.6. The first-order valence-electron chi connectivity index (χ1n) is 6.48. The van der Waals surface area contributed by atoms with Crippen LogP contribution in [0.25, 0.3) is 0 Å². The lowest BCUT2D eigenvalue weighted by atomic mass is 10.2. The molecule has 4 nitrogen and oxygen atoms in total. The number of amides is 2. The van der Waals surface area contributed by atoms with Gasteiger partial charge < -0.3 is 10.6 Å². The van der Waals surface area contributed by atoms with Crippen LogP contribution in [-0.4, -0.2) is 18.4 Å². The maximum Gasteiger partial charge on any atom is 0.313 e. The normalized spacial score (nSPS) is 10.0. The number of hydrogen-bond donors (Lipinski definition) is 2. The average molecular weight is 327 g/mol. The van der Waals surface area contributed by atoms with Crippen molar-refractivity contribution in [1.29, 1.82) is 0 Å². The highest BCUT2D eigenvalue weighted by Crippen LogP contribution is 2.15. The minimum absolute atomic E-state index is 0.546. The molecule has 1 aromatic rings. The summed E-state index contributed by atoms with van der Waals surface area (Å²) in [6.45, 7) is 2.68. The van der Waals surface area contributed by atoms with E-state index in [2.05, 4.69) is 33.5 Å². The van der Waals surface area contributed by atoms with Crippen LogP contribution in [0.4, 0.5) is 5.69 Å². The summed E-state index contributed by atoms with van der Waals surface area (Å²) in [6, 6.07) is 7.12. The van der Waals surface area contributed by atoms with Crippen molar-refractivity contribution in [1.82, 2.24) is 5.32 Å². The summed E-state index contributed by atoms with van der Waals surface area (Å²) in [6.07, 6.45) is 4.28. The molecule has 2 N–H and O–H groups in total. The molecule has 0 saturated carbocycles. The first-order chi connectivity index (χ1) is 9.13. The predicted molar refractivity (Wildman–Crippen MR) is 79.9 cm³/mol. The van der Waals surface area contributed by atoms with Crippen LogP contribution in [0, 0.1) is 0 Å². The molecule has 2 amide bonds. The van der Waals surface area contributed by atoms with Crippen molar-refractivity contribution in [3.05, 3.63) is 28.7 Å². The third-order valence-electron chi connectivity index (χ3n) is 2.60. The lowest BCUT2D eigenvalue weighted by Crippen LogP contribution is -2.35. The van der Waals surface area contributed by atoms with Crippen molar-refractivity contribution in [2.45, 2.75) is 32.6 Å². The van der Waals surface area contributed by atoms with Gasteiger partial charge in [-0.05, 0) is 24.6 Å². The van der Waals surface area contributed by atoms with Crippen molar-refractivity contribution in [2.75, 3.05) is 11.9 Å². The van der Waals surface area contributed by atoms with Gasteiger partial charge in [-0.2, -0.15) is 0 Å². The molecule has 0 heterocycles. The Bertz CT molecular complexity index is 435. The smallest absolute Gasteiger partial charge is 0.313 e. The van der Waals surface area contributed by atoms with Gasteiger partial charge in [-0.1, -0.05) is 48.2 Å². The highest BCUT2D eigenvalue weighted by atomic mass is 79.9. The van der Waals surface area contributed by atoms with Gasteiger partial charge in [0.2, 0.25) is 0 Å². The monoisotopic (exact) mass is 326 g/mol. The standard InChI is InChI=1S/C14H19BrN2O2/c1-2-3-4-5-9-16-13(18)14(19)17-12-8-6-7-11(15)10-12/h6-8,10H,2-5,9H2,1H3,(H,16,18)(H,17,19). The zero-order chi connectivity index (χ0) is 14.1. The molecular formula is C14H19BrN2O2. The summed E-state index contributed by atoms with van der Waals surface area (Å²) in [4.78, 5) is 23.1. The molecular weight excluding hydrogens is 308 g/mol. The number of rotatable bonds is 6. The van der Waals surface area contributed by atoms with Crippen LogP contribution in [0.1, 0.15) is 32.6 Å². The van der Waals surface area contributed by atoms with Crippen molar-refractivity contribution < 1.29 is 9.59 Å². The zero-order valence-electron chi connectivity index (χ0n) is 11.0. The molecule has 1 aromatic carbocycles. The van der Waals surface area contributed by atoms with Crippen molar-refractivity contribution in [2.24, 2.45) is 0 Å². The van der Waals surface area contributed by atoms with E-state index in [1.54, 1.807) is 18.2 Å². The Morgan fingerprint density at radius 3 is 2.63 bits per heavy atom. The van der Waals surface area contributed by atoms with E-state index >= 15 is 0 Å². The second-order valence-corrected chi connectivity index (χ2v) is 5.20. The first-order valence-corrected chi connectivity index (χ1v) is 7.27. The number of carbonyl (C=O) groups excluding carboxylic acids is 2. The van der Waals surface area contributed by atoms with Crippen molar-refractivity contribution in [3.63, 3.8) is 0 Å². The summed E-state index contributed by atoms with van der Waals surface area (Å²) in [7, 11) is 0. The molecule has 0 saturated heterocycles. The molecule has 1 rings (SSSR count). The van der Waals surface area contributed by atoms with E-state index in [-0.39, 0.29) is 0 Å². The number of carbonyl (C=O) groups is 2. The second-order valence-electron chi connectivity index (χ2n) is 4.28. The predicted octanol–water partition coefficient (Wildman–Crippen LogP) is 3.08. The highest BCUT2D eigenvalue weighted by Gasteiger charge is 2.12. The Balaban J connectivity index is 2.31. The summed E-state index contributed by atoms with van der Waals surface area (Å²) < 4.78 is 0.852. The Hall–Kier alpha value is -1.36. The molecule has 19 heavy (non-hydrogen) atoms. The molecule has 5 heteroatoms. The van der Waals surface area contributed by atoms with E-state index in [0.717, 1.165) is 30.2 Å². The fraction of sp³-hybridized carbons (Fsp3) is 0.429. The molecule has 0 aromatic heterocycles. The Labute approximate surface area is 122 Å². The lowest BCUT2D eigenvalue weighted by Gasteiger charge is -2.06. The van der Waals surface area contributed by atoms with Gasteiger partial charge in [0.15, 0.2) is 0 Å². The van der Waals surface area contributed by atoms with E-state index < -0.39 is 11.8 Å². The molecule has 0 aliphatic rings. The van der Waals surface area contributed by atoms with Gasteiger partial charge in [-0.25, -0.2) is 0 Å². The van der Waals surface area contributed by atoms with Gasteiger partial charge in [-0.15, -0.1) is 0 Å². The number of nitrogens with one attached hydrogen (secondary N) is 2. The number of halogens is 1. The van der Waals surface area contributed by atoms with Crippen LogP contribution in [0.5, 0.6) is 0 Å². The largest absolute Gasteiger partial charge is 0.348 e. The van der Waals surface area contributed by atoms with Crippen LogP contribution >= 0.6 is 15.9 Å². The summed E-state index contributed by atoms with van der Waals surface area (Å²) in [5.41, 5.74) is 0.598. The van der Waals surface area contributed by atoms with Crippen LogP contribution < -0.4 is 10.6 Å². The minimum atomic E-state index is -0.631. The Morgan fingerprint density at radius 2 is 1.95 bits per heavy atom. The molecule has 0 spiro atoms. The second kappa shape index (κ2) is 8.69. The van der Waals surface area contributed by atoms with E-state index in [1.807, 2.05) is 6.07 Å². The van der Waals surface area contributed by atoms with E-state index in [4.69, 9.17) is 0 Å². The maximum absolute atomic E-state index is 11.6. The number of anilines is 1. The van der Waals surface area contributed by atoms with Crippen LogP contribution in [-0.2, 0) is 9.59 Å². The van der Waals surface area contributed by atoms with E-state index in [9.17, 15) is 9.59 Å². The van der Waals surface area contributed by atoms with Crippen molar-refractivity contribution in [3.8, 4) is 0 Å². The average Bonchev–Trinajstić information content (AvgIpc) is 2.38. The van der Waals surface area contributed by atoms with Crippen LogP contribution in [0.2, 0.25) is 0 Å². The van der Waals surface area contributed by atoms with Crippen LogP contribution in [0.3, 0.4) is 0 Å². The number of hydrogen-bond acceptors (Lipinski definition) is 2. The van der Waals surface area contributed by atoms with Crippen LogP contribution in [0.15, 0.2) is 28.7 Å². The van der Waals surface area contributed by atoms with Gasteiger partial charge >= 0.3 is 11.8 Å². The minimum Gasteiger partial charge on any atom is -0.348 e.